The van der Waals surface area contributed by atoms with Crippen LogP contribution < -0.4 is 10.6 Å². The maximum absolute atomic E-state index is 11.5. The third kappa shape index (κ3) is 3.74. The Kier molecular flexibility index (Phi) is 4.78. The first-order chi connectivity index (χ1) is 6.34. The molecule has 0 saturated carbocycles. The van der Waals surface area contributed by atoms with Gasteiger partial charge in [0.05, 0.1) is 6.61 Å². The Morgan fingerprint density at radius 2 is 2.23 bits per heavy atom. The normalized spacial score (nSPS) is 18.5. The SMILES string of the molecule is COCCNC(=O)C1CCNCC1. The van der Waals surface area contributed by atoms with Crippen LogP contribution in [0, 0.1) is 5.92 Å². The summed E-state index contributed by atoms with van der Waals surface area (Å²) in [4.78, 5) is 11.5. The molecular formula is C9H18N2O2. The van der Waals surface area contributed by atoms with E-state index in [0.717, 1.165) is 25.9 Å². The van der Waals surface area contributed by atoms with Gasteiger partial charge in [-0.2, -0.15) is 0 Å². The molecule has 1 aliphatic rings. The molecule has 0 radical (unpaired) electrons. The van der Waals surface area contributed by atoms with Crippen molar-refractivity contribution in [2.75, 3.05) is 33.4 Å². The number of carbonyl (C=O) groups is 1. The van der Waals surface area contributed by atoms with Crippen molar-refractivity contribution in [3.8, 4) is 0 Å². The predicted molar refractivity (Wildman–Crippen MR) is 50.5 cm³/mol. The Morgan fingerprint density at radius 3 is 2.85 bits per heavy atom. The second-order valence-electron chi connectivity index (χ2n) is 3.31. The van der Waals surface area contributed by atoms with Gasteiger partial charge in [0.25, 0.3) is 0 Å². The van der Waals surface area contributed by atoms with Crippen LogP contribution in [0.2, 0.25) is 0 Å². The zero-order valence-corrected chi connectivity index (χ0v) is 8.14. The van der Waals surface area contributed by atoms with Crippen LogP contribution >= 0.6 is 0 Å². The Hall–Kier alpha value is -0.610. The molecule has 0 aromatic carbocycles. The molecule has 0 aromatic heterocycles. The average molecular weight is 186 g/mol. The lowest BCUT2D eigenvalue weighted by Gasteiger charge is -2.21. The molecular weight excluding hydrogens is 168 g/mol. The maximum Gasteiger partial charge on any atom is 0.223 e. The van der Waals surface area contributed by atoms with Gasteiger partial charge in [-0.05, 0) is 25.9 Å². The van der Waals surface area contributed by atoms with Crippen LogP contribution in [0.1, 0.15) is 12.8 Å². The lowest BCUT2D eigenvalue weighted by molar-refractivity contribution is -0.125. The number of methoxy groups -OCH3 is 1. The number of nitrogens with one attached hydrogen (secondary N) is 2. The largest absolute Gasteiger partial charge is 0.383 e. The summed E-state index contributed by atoms with van der Waals surface area (Å²) < 4.78 is 4.85. The second kappa shape index (κ2) is 5.94. The van der Waals surface area contributed by atoms with Crippen molar-refractivity contribution in [1.82, 2.24) is 10.6 Å². The van der Waals surface area contributed by atoms with E-state index in [1.165, 1.54) is 0 Å². The highest BCUT2D eigenvalue weighted by atomic mass is 16.5. The highest BCUT2D eigenvalue weighted by molar-refractivity contribution is 5.78. The summed E-state index contributed by atoms with van der Waals surface area (Å²) in [6, 6.07) is 0. The number of amides is 1. The van der Waals surface area contributed by atoms with Crippen molar-refractivity contribution in [2.45, 2.75) is 12.8 Å². The summed E-state index contributed by atoms with van der Waals surface area (Å²) in [5.74, 6) is 0.386. The molecule has 1 saturated heterocycles. The smallest absolute Gasteiger partial charge is 0.223 e. The van der Waals surface area contributed by atoms with E-state index >= 15 is 0 Å². The first kappa shape index (κ1) is 10.5. The van der Waals surface area contributed by atoms with E-state index in [9.17, 15) is 4.79 Å². The van der Waals surface area contributed by atoms with Crippen LogP contribution in [-0.2, 0) is 9.53 Å². The molecule has 1 heterocycles. The Balaban J connectivity index is 2.13. The lowest BCUT2D eigenvalue weighted by atomic mass is 9.97. The minimum Gasteiger partial charge on any atom is -0.383 e. The number of hydrogen-bond acceptors (Lipinski definition) is 3. The number of ether oxygens (including phenoxy) is 1. The molecule has 4 heteroatoms. The lowest BCUT2D eigenvalue weighted by Crippen LogP contribution is -2.39. The predicted octanol–water partition coefficient (Wildman–Crippen LogP) is -0.251. The third-order valence-corrected chi connectivity index (χ3v) is 2.32. The molecule has 1 aliphatic heterocycles. The summed E-state index contributed by atoms with van der Waals surface area (Å²) in [5, 5.41) is 6.09. The highest BCUT2D eigenvalue weighted by Crippen LogP contribution is 2.10. The van der Waals surface area contributed by atoms with Crippen LogP contribution in [0.5, 0.6) is 0 Å². The summed E-state index contributed by atoms with van der Waals surface area (Å²) >= 11 is 0. The topological polar surface area (TPSA) is 50.4 Å². The van der Waals surface area contributed by atoms with Gasteiger partial charge in [-0.15, -0.1) is 0 Å². The molecule has 0 spiro atoms. The monoisotopic (exact) mass is 186 g/mol. The van der Waals surface area contributed by atoms with Crippen LogP contribution in [0.4, 0.5) is 0 Å². The van der Waals surface area contributed by atoms with Gasteiger partial charge in [-0.25, -0.2) is 0 Å². The first-order valence-electron chi connectivity index (χ1n) is 4.82. The Bertz CT molecular complexity index is 156. The van der Waals surface area contributed by atoms with Gasteiger partial charge >= 0.3 is 0 Å². The number of rotatable bonds is 4. The molecule has 0 bridgehead atoms. The minimum atomic E-state index is 0.179. The van der Waals surface area contributed by atoms with E-state index in [0.29, 0.717) is 13.2 Å². The molecule has 1 rings (SSSR count). The molecule has 76 valence electrons. The summed E-state index contributed by atoms with van der Waals surface area (Å²) in [6.07, 6.45) is 1.91. The number of carbonyl (C=O) groups excluding carboxylic acids is 1. The maximum atomic E-state index is 11.5. The van der Waals surface area contributed by atoms with Gasteiger partial charge in [0.15, 0.2) is 0 Å². The van der Waals surface area contributed by atoms with E-state index in [1.807, 2.05) is 0 Å². The van der Waals surface area contributed by atoms with Crippen LogP contribution in [0.25, 0.3) is 0 Å². The molecule has 1 fully saturated rings. The zero-order chi connectivity index (χ0) is 9.52. The third-order valence-electron chi connectivity index (χ3n) is 2.32. The van der Waals surface area contributed by atoms with Crippen molar-refractivity contribution in [3.05, 3.63) is 0 Å². The molecule has 0 atom stereocenters. The Morgan fingerprint density at radius 1 is 1.54 bits per heavy atom. The zero-order valence-electron chi connectivity index (χ0n) is 8.14. The van der Waals surface area contributed by atoms with Crippen molar-refractivity contribution < 1.29 is 9.53 Å². The minimum absolute atomic E-state index is 0.179. The fourth-order valence-electron chi connectivity index (χ4n) is 1.50. The van der Waals surface area contributed by atoms with Crippen molar-refractivity contribution in [1.29, 1.82) is 0 Å². The molecule has 1 amide bonds. The summed E-state index contributed by atoms with van der Waals surface area (Å²) in [5.41, 5.74) is 0. The van der Waals surface area contributed by atoms with Gasteiger partial charge in [0.1, 0.15) is 0 Å². The quantitative estimate of drug-likeness (QED) is 0.595. The molecule has 0 aliphatic carbocycles. The van der Waals surface area contributed by atoms with Gasteiger partial charge in [0.2, 0.25) is 5.91 Å². The number of piperidine rings is 1. The molecule has 13 heavy (non-hydrogen) atoms. The van der Waals surface area contributed by atoms with E-state index in [4.69, 9.17) is 4.74 Å². The van der Waals surface area contributed by atoms with E-state index in [2.05, 4.69) is 10.6 Å². The van der Waals surface area contributed by atoms with E-state index < -0.39 is 0 Å². The van der Waals surface area contributed by atoms with Crippen molar-refractivity contribution in [2.24, 2.45) is 5.92 Å². The summed E-state index contributed by atoms with van der Waals surface area (Å²) in [7, 11) is 1.64. The molecule has 0 aromatic rings. The van der Waals surface area contributed by atoms with Crippen molar-refractivity contribution >= 4 is 5.91 Å². The van der Waals surface area contributed by atoms with Gasteiger partial charge in [-0.1, -0.05) is 0 Å². The van der Waals surface area contributed by atoms with Gasteiger partial charge in [-0.3, -0.25) is 4.79 Å². The van der Waals surface area contributed by atoms with Gasteiger partial charge < -0.3 is 15.4 Å². The van der Waals surface area contributed by atoms with Crippen LogP contribution in [0.15, 0.2) is 0 Å². The first-order valence-corrected chi connectivity index (χ1v) is 4.82. The van der Waals surface area contributed by atoms with E-state index in [-0.39, 0.29) is 11.8 Å². The summed E-state index contributed by atoms with van der Waals surface area (Å²) in [6.45, 7) is 3.14. The second-order valence-corrected chi connectivity index (χ2v) is 3.31. The molecule has 2 N–H and O–H groups in total. The highest BCUT2D eigenvalue weighted by Gasteiger charge is 2.19. The number of hydrogen-bond donors (Lipinski definition) is 2. The fraction of sp³-hybridized carbons (Fsp3) is 0.889. The fourth-order valence-corrected chi connectivity index (χ4v) is 1.50. The molecule has 4 nitrogen and oxygen atoms in total. The van der Waals surface area contributed by atoms with Crippen molar-refractivity contribution in [3.63, 3.8) is 0 Å². The Labute approximate surface area is 79.0 Å². The van der Waals surface area contributed by atoms with E-state index in [1.54, 1.807) is 7.11 Å². The molecule has 0 unspecified atom stereocenters. The standard InChI is InChI=1S/C9H18N2O2/c1-13-7-6-11-9(12)8-2-4-10-5-3-8/h8,10H,2-7H2,1H3,(H,11,12). The average Bonchev–Trinajstić information content (AvgIpc) is 2.19. The van der Waals surface area contributed by atoms with Gasteiger partial charge in [0, 0.05) is 19.6 Å². The van der Waals surface area contributed by atoms with Crippen LogP contribution in [-0.4, -0.2) is 39.3 Å². The van der Waals surface area contributed by atoms with Crippen LogP contribution in [0.3, 0.4) is 0 Å².